The number of para-hydroxylation sites is 1. The van der Waals surface area contributed by atoms with Crippen molar-refractivity contribution in [3.8, 4) is 6.07 Å². The van der Waals surface area contributed by atoms with Crippen molar-refractivity contribution in [1.29, 1.82) is 5.26 Å². The molecule has 4 rings (SSSR count). The summed E-state index contributed by atoms with van der Waals surface area (Å²) in [5.41, 5.74) is 3.91. The number of anilines is 2. The first-order valence-electron chi connectivity index (χ1n) is 10.7. The molecule has 3 aromatic rings. The van der Waals surface area contributed by atoms with E-state index in [-0.39, 0.29) is 11.5 Å². The van der Waals surface area contributed by atoms with Crippen LogP contribution in [-0.4, -0.2) is 17.1 Å². The van der Waals surface area contributed by atoms with Crippen LogP contribution < -0.4 is 10.2 Å². The molecule has 1 N–H and O–H groups in total. The second kappa shape index (κ2) is 10.2. The summed E-state index contributed by atoms with van der Waals surface area (Å²) in [4.78, 5) is 28.2. The zero-order valence-electron chi connectivity index (χ0n) is 18.7. The highest BCUT2D eigenvalue weighted by molar-refractivity contribution is 8.05. The van der Waals surface area contributed by atoms with Gasteiger partial charge in [-0.25, -0.2) is 0 Å². The molecule has 0 radical (unpaired) electrons. The van der Waals surface area contributed by atoms with E-state index in [0.29, 0.717) is 27.8 Å². The van der Waals surface area contributed by atoms with Gasteiger partial charge in [0.2, 0.25) is 5.91 Å². The van der Waals surface area contributed by atoms with Crippen LogP contribution in [0.4, 0.5) is 11.4 Å². The van der Waals surface area contributed by atoms with Gasteiger partial charge in [0, 0.05) is 16.4 Å². The Bertz CT molecular complexity index is 1330. The minimum Gasteiger partial charge on any atom is -0.321 e. The Morgan fingerprint density at radius 2 is 1.76 bits per heavy atom. The molecule has 1 saturated heterocycles. The molecule has 1 heterocycles. The topological polar surface area (TPSA) is 73.2 Å². The Morgan fingerprint density at radius 1 is 1.06 bits per heavy atom. The standard InChI is InChI=1S/C27H22ClN3O2S/c1-17-9-8-14-23(18(17)2)30-25(32)21(16-29)27-31(20-11-4-3-5-12-20)26(33)24(34-27)15-19-10-6-7-13-22(19)28/h3-14,24H,15H2,1-2H3,(H,30,32)/b27-21+/t24-/m0/s1. The van der Waals surface area contributed by atoms with E-state index in [4.69, 9.17) is 11.6 Å². The van der Waals surface area contributed by atoms with Crippen molar-refractivity contribution >= 4 is 46.6 Å². The molecular weight excluding hydrogens is 466 g/mol. The van der Waals surface area contributed by atoms with Crippen LogP contribution in [0.5, 0.6) is 0 Å². The molecule has 34 heavy (non-hydrogen) atoms. The lowest BCUT2D eigenvalue weighted by molar-refractivity contribution is -0.117. The number of thioether (sulfide) groups is 1. The van der Waals surface area contributed by atoms with Crippen molar-refractivity contribution in [1.82, 2.24) is 0 Å². The number of nitrogens with zero attached hydrogens (tertiary/aromatic N) is 2. The Morgan fingerprint density at radius 3 is 2.47 bits per heavy atom. The maximum absolute atomic E-state index is 13.5. The zero-order valence-corrected chi connectivity index (χ0v) is 20.3. The Hall–Kier alpha value is -3.53. The SMILES string of the molecule is Cc1cccc(NC(=O)/C(C#N)=C2/S[C@@H](Cc3ccccc3Cl)C(=O)N2c2ccccc2)c1C. The lowest BCUT2D eigenvalue weighted by Gasteiger charge is -2.19. The number of rotatable bonds is 5. The fourth-order valence-corrected chi connectivity index (χ4v) is 5.24. The average Bonchev–Trinajstić information content (AvgIpc) is 3.15. The van der Waals surface area contributed by atoms with E-state index in [1.807, 2.05) is 68.4 Å². The Labute approximate surface area is 208 Å². The molecule has 1 fully saturated rings. The third-order valence-electron chi connectivity index (χ3n) is 5.74. The van der Waals surface area contributed by atoms with Gasteiger partial charge in [0.1, 0.15) is 16.7 Å². The minimum absolute atomic E-state index is 0.107. The fraction of sp³-hybridized carbons (Fsp3) is 0.148. The van der Waals surface area contributed by atoms with Crippen LogP contribution in [0.25, 0.3) is 0 Å². The van der Waals surface area contributed by atoms with Gasteiger partial charge in [0.25, 0.3) is 5.91 Å². The van der Waals surface area contributed by atoms with Gasteiger partial charge in [0.05, 0.1) is 5.25 Å². The van der Waals surface area contributed by atoms with Crippen LogP contribution in [0.15, 0.2) is 83.4 Å². The molecule has 0 aliphatic carbocycles. The highest BCUT2D eigenvalue weighted by atomic mass is 35.5. The fourth-order valence-electron chi connectivity index (χ4n) is 3.73. The minimum atomic E-state index is -0.550. The quantitative estimate of drug-likeness (QED) is 0.352. The predicted molar refractivity (Wildman–Crippen MR) is 138 cm³/mol. The van der Waals surface area contributed by atoms with Crippen molar-refractivity contribution in [2.75, 3.05) is 10.2 Å². The summed E-state index contributed by atoms with van der Waals surface area (Å²) in [5.74, 6) is -0.746. The third-order valence-corrected chi connectivity index (χ3v) is 7.37. The largest absolute Gasteiger partial charge is 0.321 e. The molecule has 3 aromatic carbocycles. The van der Waals surface area contributed by atoms with Gasteiger partial charge in [0.15, 0.2) is 0 Å². The summed E-state index contributed by atoms with van der Waals surface area (Å²) in [5, 5.41) is 13.2. The summed E-state index contributed by atoms with van der Waals surface area (Å²) in [7, 11) is 0. The van der Waals surface area contributed by atoms with Crippen LogP contribution in [0.3, 0.4) is 0 Å². The van der Waals surface area contributed by atoms with Crippen molar-refractivity contribution in [3.05, 3.63) is 105 Å². The van der Waals surface area contributed by atoms with E-state index in [0.717, 1.165) is 16.7 Å². The van der Waals surface area contributed by atoms with Gasteiger partial charge in [-0.1, -0.05) is 71.9 Å². The lowest BCUT2D eigenvalue weighted by atomic mass is 10.1. The first-order valence-corrected chi connectivity index (χ1v) is 12.0. The van der Waals surface area contributed by atoms with E-state index < -0.39 is 11.2 Å². The number of carbonyl (C=O) groups excluding carboxylic acids is 2. The number of amides is 2. The van der Waals surface area contributed by atoms with E-state index in [9.17, 15) is 14.9 Å². The zero-order chi connectivity index (χ0) is 24.2. The average molecular weight is 488 g/mol. The van der Waals surface area contributed by atoms with Crippen molar-refractivity contribution in [2.45, 2.75) is 25.5 Å². The van der Waals surface area contributed by atoms with Gasteiger partial charge >= 0.3 is 0 Å². The second-order valence-electron chi connectivity index (χ2n) is 7.90. The molecular formula is C27H22ClN3O2S. The number of aryl methyl sites for hydroxylation is 1. The van der Waals surface area contributed by atoms with Crippen LogP contribution in [0.1, 0.15) is 16.7 Å². The highest BCUT2D eigenvalue weighted by Gasteiger charge is 2.41. The molecule has 5 nitrogen and oxygen atoms in total. The number of hydrogen-bond donors (Lipinski definition) is 1. The van der Waals surface area contributed by atoms with Gasteiger partial charge in [-0.3, -0.25) is 14.5 Å². The van der Waals surface area contributed by atoms with Crippen molar-refractivity contribution in [3.63, 3.8) is 0 Å². The van der Waals surface area contributed by atoms with E-state index in [1.165, 1.54) is 16.7 Å². The normalized spacial score (nSPS) is 16.8. The van der Waals surface area contributed by atoms with Gasteiger partial charge in [-0.2, -0.15) is 5.26 Å². The van der Waals surface area contributed by atoms with E-state index in [2.05, 4.69) is 5.32 Å². The van der Waals surface area contributed by atoms with Crippen LogP contribution in [0, 0.1) is 25.2 Å². The molecule has 0 saturated carbocycles. The van der Waals surface area contributed by atoms with Crippen LogP contribution in [0.2, 0.25) is 5.02 Å². The Kier molecular flexibility index (Phi) is 7.06. The first-order chi connectivity index (χ1) is 16.4. The summed E-state index contributed by atoms with van der Waals surface area (Å²) < 4.78 is 0. The highest BCUT2D eigenvalue weighted by Crippen LogP contribution is 2.42. The monoisotopic (exact) mass is 487 g/mol. The number of benzene rings is 3. The summed E-state index contributed by atoms with van der Waals surface area (Å²) in [6.45, 7) is 3.87. The molecule has 0 bridgehead atoms. The molecule has 7 heteroatoms. The van der Waals surface area contributed by atoms with Crippen LogP contribution >= 0.6 is 23.4 Å². The van der Waals surface area contributed by atoms with E-state index in [1.54, 1.807) is 24.3 Å². The van der Waals surface area contributed by atoms with Crippen molar-refractivity contribution in [2.24, 2.45) is 0 Å². The molecule has 0 spiro atoms. The van der Waals surface area contributed by atoms with Crippen LogP contribution in [-0.2, 0) is 16.0 Å². The third kappa shape index (κ3) is 4.72. The molecule has 1 aliphatic heterocycles. The van der Waals surface area contributed by atoms with Crippen molar-refractivity contribution < 1.29 is 9.59 Å². The molecule has 2 amide bonds. The molecule has 1 atom stereocenters. The van der Waals surface area contributed by atoms with E-state index >= 15 is 0 Å². The first kappa shape index (κ1) is 23.6. The molecule has 0 aromatic heterocycles. The molecule has 170 valence electrons. The van der Waals surface area contributed by atoms with Gasteiger partial charge in [-0.15, -0.1) is 0 Å². The Balaban J connectivity index is 1.74. The molecule has 1 aliphatic rings. The maximum atomic E-state index is 13.5. The predicted octanol–water partition coefficient (Wildman–Crippen LogP) is 6.02. The molecule has 0 unspecified atom stereocenters. The van der Waals surface area contributed by atoms with Gasteiger partial charge in [-0.05, 0) is 61.2 Å². The number of nitriles is 1. The summed E-state index contributed by atoms with van der Waals surface area (Å²) >= 11 is 7.55. The number of nitrogens with one attached hydrogen (secondary N) is 1. The number of carbonyl (C=O) groups is 2. The maximum Gasteiger partial charge on any atom is 0.269 e. The second-order valence-corrected chi connectivity index (χ2v) is 9.50. The van der Waals surface area contributed by atoms with Gasteiger partial charge < -0.3 is 5.32 Å². The number of hydrogen-bond acceptors (Lipinski definition) is 4. The lowest BCUT2D eigenvalue weighted by Crippen LogP contribution is -2.31. The summed E-state index contributed by atoms with van der Waals surface area (Å²) in [6, 6.07) is 24.1. The smallest absolute Gasteiger partial charge is 0.269 e. The summed E-state index contributed by atoms with van der Waals surface area (Å²) in [6.07, 6.45) is 0.382. The number of halogens is 1.